The molecule has 3 rings (SSSR count). The standard InChI is InChI=1S/C22H28FN5O2/c1-26(20-5-3-2-4-6-20)12-11-24-22(30)28-15-13-27(14-16-28)17-21(29)25-19-9-7-18(23)8-10-19/h2-10H,11-17H2,1H3,(H,24,30)(H,25,29). The normalized spacial score (nSPS) is 14.3. The number of hydrogen-bond donors (Lipinski definition) is 2. The fourth-order valence-corrected chi connectivity index (χ4v) is 3.30. The molecular formula is C22H28FN5O2. The van der Waals surface area contributed by atoms with Gasteiger partial charge in [0.05, 0.1) is 6.54 Å². The van der Waals surface area contributed by atoms with Crippen LogP contribution < -0.4 is 15.5 Å². The van der Waals surface area contributed by atoms with Crippen molar-refractivity contribution >= 4 is 23.3 Å². The number of para-hydroxylation sites is 1. The Morgan fingerprint density at radius 1 is 1.00 bits per heavy atom. The van der Waals surface area contributed by atoms with Gasteiger partial charge in [0.2, 0.25) is 5.91 Å². The number of anilines is 2. The molecule has 30 heavy (non-hydrogen) atoms. The summed E-state index contributed by atoms with van der Waals surface area (Å²) in [6.45, 7) is 3.94. The lowest BCUT2D eigenvalue weighted by Gasteiger charge is -2.34. The maximum atomic E-state index is 12.9. The first-order valence-corrected chi connectivity index (χ1v) is 10.1. The predicted molar refractivity (Wildman–Crippen MR) is 116 cm³/mol. The fourth-order valence-electron chi connectivity index (χ4n) is 3.30. The van der Waals surface area contributed by atoms with Crippen molar-refractivity contribution in [2.24, 2.45) is 0 Å². The van der Waals surface area contributed by atoms with E-state index in [0.717, 1.165) is 12.2 Å². The van der Waals surface area contributed by atoms with Gasteiger partial charge in [-0.25, -0.2) is 9.18 Å². The van der Waals surface area contributed by atoms with Crippen LogP contribution in [0, 0.1) is 5.82 Å². The Bertz CT molecular complexity index is 823. The Kier molecular flexibility index (Phi) is 7.62. The summed E-state index contributed by atoms with van der Waals surface area (Å²) in [6, 6.07) is 15.6. The zero-order valence-corrected chi connectivity index (χ0v) is 17.2. The number of nitrogens with zero attached hydrogens (tertiary/aromatic N) is 3. The first kappa shape index (κ1) is 21.6. The van der Waals surface area contributed by atoms with E-state index in [4.69, 9.17) is 0 Å². The summed E-state index contributed by atoms with van der Waals surface area (Å²) in [5.41, 5.74) is 1.68. The van der Waals surface area contributed by atoms with Crippen molar-refractivity contribution < 1.29 is 14.0 Å². The Hall–Kier alpha value is -3.13. The van der Waals surface area contributed by atoms with E-state index in [-0.39, 0.29) is 24.3 Å². The van der Waals surface area contributed by atoms with Crippen molar-refractivity contribution in [3.63, 3.8) is 0 Å². The van der Waals surface area contributed by atoms with Crippen LogP contribution in [0.15, 0.2) is 54.6 Å². The topological polar surface area (TPSA) is 67.9 Å². The summed E-state index contributed by atoms with van der Waals surface area (Å²) in [7, 11) is 2.00. The summed E-state index contributed by atoms with van der Waals surface area (Å²) in [5.74, 6) is -0.488. The molecule has 7 nitrogen and oxygen atoms in total. The molecule has 0 saturated carbocycles. The largest absolute Gasteiger partial charge is 0.373 e. The Labute approximate surface area is 176 Å². The number of urea groups is 1. The van der Waals surface area contributed by atoms with E-state index in [9.17, 15) is 14.0 Å². The summed E-state index contributed by atoms with van der Waals surface area (Å²) >= 11 is 0. The quantitative estimate of drug-likeness (QED) is 0.731. The second-order valence-electron chi connectivity index (χ2n) is 7.31. The van der Waals surface area contributed by atoms with Gasteiger partial charge in [-0.15, -0.1) is 0 Å². The van der Waals surface area contributed by atoms with Gasteiger partial charge in [-0.05, 0) is 36.4 Å². The number of piperazine rings is 1. The minimum Gasteiger partial charge on any atom is -0.373 e. The van der Waals surface area contributed by atoms with Crippen LogP contribution in [0.1, 0.15) is 0 Å². The van der Waals surface area contributed by atoms with E-state index >= 15 is 0 Å². The van der Waals surface area contributed by atoms with E-state index in [1.54, 1.807) is 4.90 Å². The van der Waals surface area contributed by atoms with Gasteiger partial charge in [-0.3, -0.25) is 9.69 Å². The van der Waals surface area contributed by atoms with E-state index in [1.165, 1.54) is 24.3 Å². The highest BCUT2D eigenvalue weighted by Crippen LogP contribution is 2.10. The lowest BCUT2D eigenvalue weighted by atomic mass is 10.3. The second kappa shape index (κ2) is 10.6. The third-order valence-corrected chi connectivity index (χ3v) is 5.08. The van der Waals surface area contributed by atoms with Gasteiger partial charge in [0.15, 0.2) is 0 Å². The van der Waals surface area contributed by atoms with Crippen LogP contribution in [-0.4, -0.2) is 74.6 Å². The minimum absolute atomic E-state index is 0.0770. The van der Waals surface area contributed by atoms with Gasteiger partial charge in [-0.2, -0.15) is 0 Å². The molecule has 0 radical (unpaired) electrons. The number of benzene rings is 2. The number of hydrogen-bond acceptors (Lipinski definition) is 4. The molecule has 1 fully saturated rings. The molecule has 8 heteroatoms. The van der Waals surface area contributed by atoms with Crippen LogP contribution in [-0.2, 0) is 4.79 Å². The summed E-state index contributed by atoms with van der Waals surface area (Å²) in [5, 5.41) is 5.72. The monoisotopic (exact) mass is 413 g/mol. The average molecular weight is 413 g/mol. The fraction of sp³-hybridized carbons (Fsp3) is 0.364. The highest BCUT2D eigenvalue weighted by molar-refractivity contribution is 5.92. The third-order valence-electron chi connectivity index (χ3n) is 5.08. The molecule has 0 unspecified atom stereocenters. The molecule has 1 aliphatic heterocycles. The van der Waals surface area contributed by atoms with Gasteiger partial charge in [0.25, 0.3) is 0 Å². The van der Waals surface area contributed by atoms with Crippen LogP contribution in [0.25, 0.3) is 0 Å². The molecule has 3 amide bonds. The van der Waals surface area contributed by atoms with Crippen LogP contribution in [0.3, 0.4) is 0 Å². The maximum absolute atomic E-state index is 12.9. The Morgan fingerprint density at radius 3 is 2.33 bits per heavy atom. The van der Waals surface area contributed by atoms with Crippen molar-refractivity contribution in [1.82, 2.24) is 15.1 Å². The van der Waals surface area contributed by atoms with E-state index in [2.05, 4.69) is 15.5 Å². The third kappa shape index (κ3) is 6.45. The molecule has 0 atom stereocenters. The Morgan fingerprint density at radius 2 is 1.67 bits per heavy atom. The van der Waals surface area contributed by atoms with Crippen LogP contribution >= 0.6 is 0 Å². The van der Waals surface area contributed by atoms with Crippen molar-refractivity contribution in [2.75, 3.05) is 63.1 Å². The van der Waals surface area contributed by atoms with Crippen molar-refractivity contribution in [2.45, 2.75) is 0 Å². The maximum Gasteiger partial charge on any atom is 0.317 e. The van der Waals surface area contributed by atoms with Gasteiger partial charge in [0.1, 0.15) is 5.82 Å². The number of halogens is 1. The summed E-state index contributed by atoms with van der Waals surface area (Å²) in [6.07, 6.45) is 0. The Balaban J connectivity index is 1.33. The van der Waals surface area contributed by atoms with Crippen molar-refractivity contribution in [3.05, 3.63) is 60.4 Å². The number of carbonyl (C=O) groups excluding carboxylic acids is 2. The zero-order valence-electron chi connectivity index (χ0n) is 17.2. The summed E-state index contributed by atoms with van der Waals surface area (Å²) < 4.78 is 12.9. The number of nitrogens with one attached hydrogen (secondary N) is 2. The number of likely N-dealkylation sites (N-methyl/N-ethyl adjacent to an activating group) is 1. The lowest BCUT2D eigenvalue weighted by Crippen LogP contribution is -2.53. The molecule has 1 saturated heterocycles. The highest BCUT2D eigenvalue weighted by Gasteiger charge is 2.22. The molecule has 0 bridgehead atoms. The lowest BCUT2D eigenvalue weighted by molar-refractivity contribution is -0.117. The van der Waals surface area contributed by atoms with Crippen molar-refractivity contribution in [3.8, 4) is 0 Å². The van der Waals surface area contributed by atoms with Gasteiger partial charge in [-0.1, -0.05) is 18.2 Å². The molecule has 0 aromatic heterocycles. The molecular weight excluding hydrogens is 385 g/mol. The molecule has 2 aromatic rings. The van der Waals surface area contributed by atoms with E-state index < -0.39 is 0 Å². The van der Waals surface area contributed by atoms with Crippen molar-refractivity contribution in [1.29, 1.82) is 0 Å². The summed E-state index contributed by atoms with van der Waals surface area (Å²) in [4.78, 5) is 30.4. The first-order chi connectivity index (χ1) is 14.5. The first-order valence-electron chi connectivity index (χ1n) is 10.1. The molecule has 2 N–H and O–H groups in total. The number of carbonyl (C=O) groups is 2. The SMILES string of the molecule is CN(CCNC(=O)N1CCN(CC(=O)Nc2ccc(F)cc2)CC1)c1ccccc1. The number of amides is 3. The van der Waals surface area contributed by atoms with Gasteiger partial charge >= 0.3 is 6.03 Å². The molecule has 0 aliphatic carbocycles. The number of rotatable bonds is 7. The highest BCUT2D eigenvalue weighted by atomic mass is 19.1. The van der Waals surface area contributed by atoms with E-state index in [0.29, 0.717) is 38.4 Å². The second-order valence-corrected chi connectivity index (χ2v) is 7.31. The van der Waals surface area contributed by atoms with E-state index in [1.807, 2.05) is 42.3 Å². The molecule has 1 heterocycles. The molecule has 2 aromatic carbocycles. The molecule has 0 spiro atoms. The minimum atomic E-state index is -0.339. The predicted octanol–water partition coefficient (Wildman–Crippen LogP) is 2.23. The molecule has 160 valence electrons. The average Bonchev–Trinajstić information content (AvgIpc) is 2.76. The van der Waals surface area contributed by atoms with Crippen LogP contribution in [0.2, 0.25) is 0 Å². The van der Waals surface area contributed by atoms with Crippen LogP contribution in [0.5, 0.6) is 0 Å². The van der Waals surface area contributed by atoms with Gasteiger partial charge < -0.3 is 20.4 Å². The van der Waals surface area contributed by atoms with Crippen LogP contribution in [0.4, 0.5) is 20.6 Å². The smallest absolute Gasteiger partial charge is 0.317 e. The zero-order chi connectivity index (χ0) is 21.3. The molecule has 1 aliphatic rings. The van der Waals surface area contributed by atoms with Gasteiger partial charge in [0, 0.05) is 57.7 Å².